The Morgan fingerprint density at radius 1 is 0.778 bits per heavy atom. The summed E-state index contributed by atoms with van der Waals surface area (Å²) in [5, 5.41) is 2.67. The van der Waals surface area contributed by atoms with E-state index in [2.05, 4.69) is 57.3 Å². The minimum atomic E-state index is 0. The third-order valence-corrected chi connectivity index (χ3v) is 5.08. The molecule has 18 heavy (non-hydrogen) atoms. The van der Waals surface area contributed by atoms with E-state index in [4.69, 9.17) is 0 Å². The quantitative estimate of drug-likeness (QED) is 0.808. The van der Waals surface area contributed by atoms with Gasteiger partial charge < -0.3 is 17.7 Å². The van der Waals surface area contributed by atoms with Crippen LogP contribution >= 0.6 is 0 Å². The number of halogens is 1. The lowest BCUT2D eigenvalue weighted by Crippen LogP contribution is -3.00. The normalized spacial score (nSPS) is 19.1. The van der Waals surface area contributed by atoms with Crippen LogP contribution in [0.2, 0.25) is 0 Å². The molecule has 2 N–H and O–H groups in total. The topological polar surface area (TPSA) is 16.6 Å². The number of fused-ring (bicyclic) bond motifs is 1. The second kappa shape index (κ2) is 5.63. The van der Waals surface area contributed by atoms with Crippen molar-refractivity contribution >= 4 is 0 Å². The second-order valence-electron chi connectivity index (χ2n) is 5.42. The Hall–Kier alpha value is -0.530. The number of quaternary nitrogens is 1. The average molecular weight is 268 g/mol. The minimum absolute atomic E-state index is 0. The molecule has 0 radical (unpaired) electrons. The molecule has 1 nitrogen and oxygen atoms in total. The Balaban J connectivity index is 0.00000162. The molecule has 1 aliphatic rings. The predicted octanol–water partition coefficient (Wildman–Crippen LogP) is 0.298. The molecule has 0 atom stereocenters. The molecule has 0 aromatic heterocycles. The highest BCUT2D eigenvalue weighted by Gasteiger charge is 2.52. The third kappa shape index (κ3) is 1.98. The molecule has 0 amide bonds. The van der Waals surface area contributed by atoms with Crippen LogP contribution in [0.25, 0.3) is 0 Å². The van der Waals surface area contributed by atoms with Crippen LogP contribution in [-0.2, 0) is 11.1 Å². The van der Waals surface area contributed by atoms with E-state index in [1.54, 1.807) is 11.1 Å². The zero-order chi connectivity index (χ0) is 12.5. The Kier molecular flexibility index (Phi) is 4.85. The van der Waals surface area contributed by atoms with Crippen LogP contribution in [0.3, 0.4) is 0 Å². The van der Waals surface area contributed by atoms with Crippen LogP contribution in [0.15, 0.2) is 24.3 Å². The molecule has 0 spiro atoms. The van der Waals surface area contributed by atoms with E-state index in [-0.39, 0.29) is 12.4 Å². The molecule has 0 aliphatic carbocycles. The number of hydrogen-bond acceptors (Lipinski definition) is 0. The first-order valence-corrected chi connectivity index (χ1v) is 7.15. The molecule has 1 aromatic carbocycles. The highest BCUT2D eigenvalue weighted by Crippen LogP contribution is 2.41. The molecule has 0 saturated heterocycles. The smallest absolute Gasteiger partial charge is 0.122 e. The summed E-state index contributed by atoms with van der Waals surface area (Å²) in [6.45, 7) is 9.33. The fourth-order valence-electron chi connectivity index (χ4n) is 3.71. The van der Waals surface area contributed by atoms with E-state index >= 15 is 0 Å². The van der Waals surface area contributed by atoms with Gasteiger partial charge in [0.1, 0.15) is 11.1 Å². The molecular weight excluding hydrogens is 242 g/mol. The fraction of sp³-hybridized carbons (Fsp3) is 0.625. The summed E-state index contributed by atoms with van der Waals surface area (Å²) in [5.41, 5.74) is 3.83. The van der Waals surface area contributed by atoms with Crippen molar-refractivity contribution in [3.63, 3.8) is 0 Å². The van der Waals surface area contributed by atoms with Crippen molar-refractivity contribution < 1.29 is 17.7 Å². The molecule has 2 heteroatoms. The molecular formula is C16H26ClN. The molecule has 102 valence electrons. The van der Waals surface area contributed by atoms with Gasteiger partial charge in [-0.05, 0) is 0 Å². The van der Waals surface area contributed by atoms with Crippen molar-refractivity contribution in [2.24, 2.45) is 0 Å². The fourth-order valence-corrected chi connectivity index (χ4v) is 3.71. The van der Waals surface area contributed by atoms with E-state index in [0.29, 0.717) is 11.1 Å². The predicted molar refractivity (Wildman–Crippen MR) is 72.9 cm³/mol. The summed E-state index contributed by atoms with van der Waals surface area (Å²) in [4.78, 5) is 0. The van der Waals surface area contributed by atoms with Gasteiger partial charge in [-0.2, -0.15) is 0 Å². The summed E-state index contributed by atoms with van der Waals surface area (Å²) >= 11 is 0. The number of benzene rings is 1. The molecule has 2 rings (SSSR count). The Morgan fingerprint density at radius 2 is 1.11 bits per heavy atom. The lowest BCUT2D eigenvalue weighted by Gasteiger charge is -2.31. The van der Waals surface area contributed by atoms with Gasteiger partial charge in [-0.25, -0.2) is 0 Å². The van der Waals surface area contributed by atoms with Gasteiger partial charge in [-0.3, -0.25) is 0 Å². The Bertz CT molecular complexity index is 355. The Morgan fingerprint density at radius 3 is 1.39 bits per heavy atom. The van der Waals surface area contributed by atoms with Gasteiger partial charge in [-0.15, -0.1) is 0 Å². The molecule has 0 fully saturated rings. The summed E-state index contributed by atoms with van der Waals surface area (Å²) < 4.78 is 0. The number of hydrogen-bond donors (Lipinski definition) is 1. The van der Waals surface area contributed by atoms with Gasteiger partial charge in [0, 0.05) is 36.8 Å². The van der Waals surface area contributed by atoms with Crippen molar-refractivity contribution in [3.05, 3.63) is 35.4 Å². The lowest BCUT2D eigenvalue weighted by atomic mass is 9.83. The standard InChI is InChI=1S/C16H25N.ClH/c1-5-15(6-2)13-11-9-10-12-14(13)16(7-3,8-4)17-15;/h9-12,17H,5-8H2,1-4H3;1H. The van der Waals surface area contributed by atoms with Crippen molar-refractivity contribution in [3.8, 4) is 0 Å². The summed E-state index contributed by atoms with van der Waals surface area (Å²) in [6, 6.07) is 9.11. The van der Waals surface area contributed by atoms with Crippen LogP contribution in [0.5, 0.6) is 0 Å². The monoisotopic (exact) mass is 267 g/mol. The van der Waals surface area contributed by atoms with Crippen molar-refractivity contribution in [1.82, 2.24) is 0 Å². The van der Waals surface area contributed by atoms with Gasteiger partial charge in [0.15, 0.2) is 0 Å². The maximum Gasteiger partial charge on any atom is 0.122 e. The van der Waals surface area contributed by atoms with Gasteiger partial charge in [0.2, 0.25) is 0 Å². The van der Waals surface area contributed by atoms with Crippen molar-refractivity contribution in [1.29, 1.82) is 0 Å². The van der Waals surface area contributed by atoms with Crippen LogP contribution in [-0.4, -0.2) is 0 Å². The number of rotatable bonds is 4. The highest BCUT2D eigenvalue weighted by molar-refractivity contribution is 5.39. The first kappa shape index (κ1) is 15.5. The first-order valence-electron chi connectivity index (χ1n) is 7.15. The van der Waals surface area contributed by atoms with Gasteiger partial charge in [0.25, 0.3) is 0 Å². The first-order chi connectivity index (χ1) is 8.18. The average Bonchev–Trinajstić information content (AvgIpc) is 2.71. The van der Waals surface area contributed by atoms with E-state index in [9.17, 15) is 0 Å². The molecule has 0 bridgehead atoms. The van der Waals surface area contributed by atoms with Crippen LogP contribution < -0.4 is 17.7 Å². The number of nitrogens with two attached hydrogens (primary N) is 1. The summed E-state index contributed by atoms with van der Waals surface area (Å²) in [6.07, 6.45) is 4.90. The molecule has 1 aromatic rings. The lowest BCUT2D eigenvalue weighted by molar-refractivity contribution is -0.797. The van der Waals surface area contributed by atoms with Crippen LogP contribution in [0.4, 0.5) is 0 Å². The van der Waals surface area contributed by atoms with Crippen molar-refractivity contribution in [2.75, 3.05) is 0 Å². The zero-order valence-electron chi connectivity index (χ0n) is 12.1. The SMILES string of the molecule is CCC1(CC)[NH2+]C(CC)(CC)c2ccccc21.[Cl-]. The third-order valence-electron chi connectivity index (χ3n) is 5.08. The van der Waals surface area contributed by atoms with E-state index < -0.39 is 0 Å². The Labute approximate surface area is 118 Å². The highest BCUT2D eigenvalue weighted by atomic mass is 35.5. The maximum absolute atomic E-state index is 2.67. The van der Waals surface area contributed by atoms with E-state index in [0.717, 1.165) is 0 Å². The largest absolute Gasteiger partial charge is 1.00 e. The van der Waals surface area contributed by atoms with Crippen molar-refractivity contribution in [2.45, 2.75) is 64.5 Å². The van der Waals surface area contributed by atoms with E-state index in [1.165, 1.54) is 25.7 Å². The minimum Gasteiger partial charge on any atom is -1.00 e. The molecule has 1 heterocycles. The zero-order valence-corrected chi connectivity index (χ0v) is 12.8. The van der Waals surface area contributed by atoms with Crippen LogP contribution in [0.1, 0.15) is 64.5 Å². The molecule has 0 saturated carbocycles. The molecule has 1 aliphatic heterocycles. The van der Waals surface area contributed by atoms with Crippen LogP contribution in [0, 0.1) is 0 Å². The summed E-state index contributed by atoms with van der Waals surface area (Å²) in [5.74, 6) is 0. The van der Waals surface area contributed by atoms with Gasteiger partial charge in [-0.1, -0.05) is 52.0 Å². The van der Waals surface area contributed by atoms with Gasteiger partial charge >= 0.3 is 0 Å². The van der Waals surface area contributed by atoms with Gasteiger partial charge in [0.05, 0.1) is 0 Å². The molecule has 0 unspecified atom stereocenters. The summed E-state index contributed by atoms with van der Waals surface area (Å²) in [7, 11) is 0. The maximum atomic E-state index is 2.67. The second-order valence-corrected chi connectivity index (χ2v) is 5.42. The van der Waals surface area contributed by atoms with E-state index in [1.807, 2.05) is 0 Å².